The van der Waals surface area contributed by atoms with Gasteiger partial charge in [-0.3, -0.25) is 4.79 Å². The molecule has 0 aromatic heterocycles. The maximum atomic E-state index is 12.1. The van der Waals surface area contributed by atoms with Gasteiger partial charge in [0.2, 0.25) is 0 Å². The number of nitrogens with one attached hydrogen (secondary N) is 1. The van der Waals surface area contributed by atoms with Gasteiger partial charge in [-0.2, -0.15) is 5.26 Å². The highest BCUT2D eigenvalue weighted by molar-refractivity contribution is 5.94. The van der Waals surface area contributed by atoms with E-state index in [4.69, 9.17) is 14.7 Å². The third-order valence-electron chi connectivity index (χ3n) is 3.33. The van der Waals surface area contributed by atoms with E-state index in [2.05, 4.69) is 11.4 Å². The minimum absolute atomic E-state index is 0.144. The summed E-state index contributed by atoms with van der Waals surface area (Å²) in [5, 5.41) is 11.9. The Hall–Kier alpha value is -2.84. The van der Waals surface area contributed by atoms with E-state index in [0.29, 0.717) is 43.2 Å². The summed E-state index contributed by atoms with van der Waals surface area (Å²) in [5.74, 6) is 0.389. The van der Waals surface area contributed by atoms with Gasteiger partial charge in [-0.25, -0.2) is 0 Å². The molecule has 0 heterocycles. The molecule has 0 aliphatic carbocycles. The fourth-order valence-corrected chi connectivity index (χ4v) is 2.13. The molecule has 0 aliphatic heterocycles. The summed E-state index contributed by atoms with van der Waals surface area (Å²) >= 11 is 0. The number of nitriles is 1. The number of hydrogen-bond donors (Lipinski definition) is 1. The van der Waals surface area contributed by atoms with E-state index >= 15 is 0 Å². The van der Waals surface area contributed by atoms with Crippen molar-refractivity contribution in [2.45, 2.75) is 13.5 Å². The molecule has 2 rings (SSSR count). The zero-order valence-corrected chi connectivity index (χ0v) is 13.6. The summed E-state index contributed by atoms with van der Waals surface area (Å²) in [5.41, 5.74) is 1.92. The maximum absolute atomic E-state index is 12.1. The summed E-state index contributed by atoms with van der Waals surface area (Å²) in [6.45, 7) is 3.81. The number of rotatable bonds is 8. The lowest BCUT2D eigenvalue weighted by atomic mass is 10.1. The van der Waals surface area contributed by atoms with Gasteiger partial charge in [-0.05, 0) is 36.8 Å². The number of benzene rings is 2. The van der Waals surface area contributed by atoms with Crippen LogP contribution in [0.1, 0.15) is 28.4 Å². The van der Waals surface area contributed by atoms with Crippen molar-refractivity contribution in [1.82, 2.24) is 5.32 Å². The molecule has 0 bridgehead atoms. The van der Waals surface area contributed by atoms with E-state index < -0.39 is 0 Å². The Morgan fingerprint density at radius 1 is 1.21 bits per heavy atom. The van der Waals surface area contributed by atoms with Crippen LogP contribution in [0, 0.1) is 11.3 Å². The van der Waals surface area contributed by atoms with Crippen LogP contribution in [-0.4, -0.2) is 25.7 Å². The van der Waals surface area contributed by atoms with Gasteiger partial charge in [0.15, 0.2) is 0 Å². The van der Waals surface area contributed by atoms with Gasteiger partial charge >= 0.3 is 0 Å². The molecular weight excluding hydrogens is 304 g/mol. The van der Waals surface area contributed by atoms with Gasteiger partial charge in [-0.15, -0.1) is 0 Å². The van der Waals surface area contributed by atoms with Gasteiger partial charge in [0.25, 0.3) is 5.91 Å². The van der Waals surface area contributed by atoms with E-state index in [0.717, 1.165) is 5.56 Å². The van der Waals surface area contributed by atoms with Gasteiger partial charge < -0.3 is 14.8 Å². The first-order valence-corrected chi connectivity index (χ1v) is 7.81. The van der Waals surface area contributed by atoms with Crippen LogP contribution < -0.4 is 10.1 Å². The molecule has 0 fully saturated rings. The lowest BCUT2D eigenvalue weighted by Gasteiger charge is -2.09. The molecule has 2 aromatic carbocycles. The first-order valence-electron chi connectivity index (χ1n) is 7.81. The minimum atomic E-state index is -0.144. The molecule has 0 radical (unpaired) electrons. The molecule has 0 saturated heterocycles. The van der Waals surface area contributed by atoms with Crippen LogP contribution >= 0.6 is 0 Å². The average Bonchev–Trinajstić information content (AvgIpc) is 2.64. The monoisotopic (exact) mass is 324 g/mol. The molecule has 5 nitrogen and oxygen atoms in total. The number of nitrogens with zero attached hydrogens (tertiary/aromatic N) is 1. The maximum Gasteiger partial charge on any atom is 0.251 e. The fourth-order valence-electron chi connectivity index (χ4n) is 2.13. The Kier molecular flexibility index (Phi) is 6.81. The number of amides is 1. The number of carbonyl (C=O) groups is 1. The highest BCUT2D eigenvalue weighted by atomic mass is 16.5. The van der Waals surface area contributed by atoms with Crippen molar-refractivity contribution in [2.24, 2.45) is 0 Å². The van der Waals surface area contributed by atoms with Crippen LogP contribution in [-0.2, 0) is 11.3 Å². The summed E-state index contributed by atoms with van der Waals surface area (Å²) in [6, 6.07) is 16.4. The van der Waals surface area contributed by atoms with Crippen molar-refractivity contribution in [1.29, 1.82) is 5.26 Å². The number of para-hydroxylation sites is 1. The molecule has 0 aliphatic rings. The van der Waals surface area contributed by atoms with Crippen molar-refractivity contribution in [3.63, 3.8) is 0 Å². The van der Waals surface area contributed by atoms with Crippen molar-refractivity contribution >= 4 is 5.91 Å². The van der Waals surface area contributed by atoms with Crippen LogP contribution in [0.2, 0.25) is 0 Å². The van der Waals surface area contributed by atoms with Crippen molar-refractivity contribution < 1.29 is 14.3 Å². The summed E-state index contributed by atoms with van der Waals surface area (Å²) in [4.78, 5) is 12.1. The molecule has 0 saturated carbocycles. The normalized spacial score (nSPS) is 10.0. The number of carbonyl (C=O) groups excluding carboxylic acids is 1. The first-order chi connectivity index (χ1) is 11.7. The largest absolute Gasteiger partial charge is 0.488 e. The van der Waals surface area contributed by atoms with E-state index in [9.17, 15) is 4.79 Å². The lowest BCUT2D eigenvalue weighted by Crippen LogP contribution is -2.27. The third-order valence-corrected chi connectivity index (χ3v) is 3.33. The second kappa shape index (κ2) is 9.33. The molecule has 124 valence electrons. The van der Waals surface area contributed by atoms with Gasteiger partial charge in [-0.1, -0.05) is 24.3 Å². The van der Waals surface area contributed by atoms with Gasteiger partial charge in [0.05, 0.1) is 12.2 Å². The highest BCUT2D eigenvalue weighted by Crippen LogP contribution is 2.18. The van der Waals surface area contributed by atoms with Crippen LogP contribution in [0.3, 0.4) is 0 Å². The zero-order chi connectivity index (χ0) is 17.2. The standard InChI is InChI=1S/C19H20N2O3/c1-2-23-11-10-21-19(22)16-8-5-6-15(12-16)14-24-18-9-4-3-7-17(18)13-20/h3-9,12H,2,10-11,14H2,1H3,(H,21,22). The van der Waals surface area contributed by atoms with Crippen LogP contribution in [0.15, 0.2) is 48.5 Å². The molecule has 0 spiro atoms. The van der Waals surface area contributed by atoms with Crippen LogP contribution in [0.5, 0.6) is 5.75 Å². The number of hydrogen-bond acceptors (Lipinski definition) is 4. The Labute approximate surface area is 141 Å². The summed E-state index contributed by atoms with van der Waals surface area (Å²) < 4.78 is 10.9. The molecule has 0 unspecified atom stereocenters. The second-order valence-electron chi connectivity index (χ2n) is 5.05. The number of ether oxygens (including phenoxy) is 2. The Morgan fingerprint density at radius 2 is 2.04 bits per heavy atom. The molecule has 24 heavy (non-hydrogen) atoms. The van der Waals surface area contributed by atoms with E-state index in [1.807, 2.05) is 25.1 Å². The summed E-state index contributed by atoms with van der Waals surface area (Å²) in [7, 11) is 0. The van der Waals surface area contributed by atoms with Crippen molar-refractivity contribution in [3.05, 3.63) is 65.2 Å². The molecule has 1 N–H and O–H groups in total. The molecular formula is C19H20N2O3. The van der Waals surface area contributed by atoms with E-state index in [-0.39, 0.29) is 5.91 Å². The fraction of sp³-hybridized carbons (Fsp3) is 0.263. The average molecular weight is 324 g/mol. The van der Waals surface area contributed by atoms with Crippen molar-refractivity contribution in [2.75, 3.05) is 19.8 Å². The lowest BCUT2D eigenvalue weighted by molar-refractivity contribution is 0.0922. The Balaban J connectivity index is 1.95. The zero-order valence-electron chi connectivity index (χ0n) is 13.6. The van der Waals surface area contributed by atoms with Crippen LogP contribution in [0.25, 0.3) is 0 Å². The molecule has 0 atom stereocenters. The quantitative estimate of drug-likeness (QED) is 0.758. The predicted octanol–water partition coefficient (Wildman–Crippen LogP) is 2.90. The first kappa shape index (κ1) is 17.5. The second-order valence-corrected chi connectivity index (χ2v) is 5.05. The molecule has 2 aromatic rings. The third kappa shape index (κ3) is 5.11. The smallest absolute Gasteiger partial charge is 0.251 e. The van der Waals surface area contributed by atoms with Crippen molar-refractivity contribution in [3.8, 4) is 11.8 Å². The topological polar surface area (TPSA) is 71.3 Å². The van der Waals surface area contributed by atoms with Gasteiger partial charge in [0.1, 0.15) is 18.4 Å². The summed E-state index contributed by atoms with van der Waals surface area (Å²) in [6.07, 6.45) is 0. The van der Waals surface area contributed by atoms with E-state index in [1.165, 1.54) is 0 Å². The predicted molar refractivity (Wildman–Crippen MR) is 90.8 cm³/mol. The van der Waals surface area contributed by atoms with E-state index in [1.54, 1.807) is 30.3 Å². The van der Waals surface area contributed by atoms with Gasteiger partial charge in [0, 0.05) is 18.7 Å². The molecule has 1 amide bonds. The molecule has 5 heteroatoms. The Bertz CT molecular complexity index is 723. The Morgan fingerprint density at radius 3 is 2.83 bits per heavy atom. The van der Waals surface area contributed by atoms with Crippen LogP contribution in [0.4, 0.5) is 0 Å². The SMILES string of the molecule is CCOCCNC(=O)c1cccc(COc2ccccc2C#N)c1. The highest BCUT2D eigenvalue weighted by Gasteiger charge is 2.07. The minimum Gasteiger partial charge on any atom is -0.488 e.